The molecular formula is C22H34N2O6. The lowest BCUT2D eigenvalue weighted by atomic mass is 9.92. The van der Waals surface area contributed by atoms with Crippen molar-refractivity contribution in [2.24, 2.45) is 0 Å². The van der Waals surface area contributed by atoms with Gasteiger partial charge in [-0.2, -0.15) is 0 Å². The first kappa shape index (κ1) is 24.3. The predicted octanol–water partition coefficient (Wildman–Crippen LogP) is 1.37. The summed E-state index contributed by atoms with van der Waals surface area (Å²) < 4.78 is 0. The Hall–Kier alpha value is -2.00. The first-order valence-corrected chi connectivity index (χ1v) is 10.6. The van der Waals surface area contributed by atoms with Gasteiger partial charge in [0.15, 0.2) is 12.2 Å². The van der Waals surface area contributed by atoms with Gasteiger partial charge in [0, 0.05) is 25.2 Å². The number of nitrogens with one attached hydrogen (secondary N) is 1. The van der Waals surface area contributed by atoms with Crippen LogP contribution in [-0.4, -0.2) is 74.6 Å². The van der Waals surface area contributed by atoms with Gasteiger partial charge in [-0.3, -0.25) is 4.90 Å². The first-order valence-electron chi connectivity index (χ1n) is 10.6. The number of carbonyl (C=O) groups is 2. The number of carboxylic acids is 2. The van der Waals surface area contributed by atoms with Crippen molar-refractivity contribution in [3.63, 3.8) is 0 Å². The zero-order valence-corrected chi connectivity index (χ0v) is 17.5. The molecular weight excluding hydrogens is 388 g/mol. The van der Waals surface area contributed by atoms with E-state index in [2.05, 4.69) is 41.4 Å². The maximum atomic E-state index is 9.77. The minimum Gasteiger partial charge on any atom is -0.479 e. The van der Waals surface area contributed by atoms with Gasteiger partial charge in [0.2, 0.25) is 0 Å². The van der Waals surface area contributed by atoms with Crippen molar-refractivity contribution in [3.8, 4) is 0 Å². The molecule has 1 saturated heterocycles. The Kier molecular flexibility index (Phi) is 9.71. The van der Waals surface area contributed by atoms with Crippen molar-refractivity contribution >= 4 is 11.9 Å². The quantitative estimate of drug-likeness (QED) is 0.445. The highest BCUT2D eigenvalue weighted by molar-refractivity contribution is 5.83. The van der Waals surface area contributed by atoms with Gasteiger partial charge in [0.25, 0.3) is 0 Å². The Morgan fingerprint density at radius 3 is 2.17 bits per heavy atom. The molecule has 8 heteroatoms. The molecule has 1 saturated carbocycles. The highest BCUT2D eigenvalue weighted by Gasteiger charge is 2.30. The highest BCUT2D eigenvalue weighted by atomic mass is 16.4. The molecule has 0 aromatic heterocycles. The number of hydrogen-bond donors (Lipinski definition) is 5. The zero-order chi connectivity index (χ0) is 22.1. The van der Waals surface area contributed by atoms with E-state index in [1.54, 1.807) is 0 Å². The molecule has 8 nitrogen and oxygen atoms in total. The topological polar surface area (TPSA) is 130 Å². The smallest absolute Gasteiger partial charge is 0.335 e. The van der Waals surface area contributed by atoms with E-state index < -0.39 is 24.1 Å². The summed E-state index contributed by atoms with van der Waals surface area (Å²) in [5.74, 6) is -3.54. The molecule has 1 heterocycles. The average molecular weight is 423 g/mol. The number of aliphatic hydroxyl groups excluding tert-OH is 2. The van der Waals surface area contributed by atoms with Crippen molar-refractivity contribution in [2.45, 2.75) is 76.3 Å². The number of carboxylic acid groups (broad SMARTS) is 2. The fourth-order valence-corrected chi connectivity index (χ4v) is 4.18. The number of hydrogen-bond acceptors (Lipinski definition) is 6. The Morgan fingerprint density at radius 2 is 1.67 bits per heavy atom. The molecule has 0 bridgehead atoms. The molecule has 2 unspecified atom stereocenters. The van der Waals surface area contributed by atoms with Crippen LogP contribution in [0.25, 0.3) is 0 Å². The molecule has 1 aliphatic heterocycles. The van der Waals surface area contributed by atoms with Crippen LogP contribution in [-0.2, 0) is 16.1 Å². The van der Waals surface area contributed by atoms with E-state index in [0.29, 0.717) is 0 Å². The van der Waals surface area contributed by atoms with Gasteiger partial charge in [0.1, 0.15) is 0 Å². The van der Waals surface area contributed by atoms with Gasteiger partial charge in [-0.05, 0) is 38.3 Å². The second-order valence-corrected chi connectivity index (χ2v) is 8.17. The summed E-state index contributed by atoms with van der Waals surface area (Å²) in [7, 11) is 0. The molecule has 0 spiro atoms. The molecule has 30 heavy (non-hydrogen) atoms. The lowest BCUT2D eigenvalue weighted by Gasteiger charge is -2.38. The van der Waals surface area contributed by atoms with E-state index in [9.17, 15) is 9.59 Å². The van der Waals surface area contributed by atoms with Crippen LogP contribution in [0.3, 0.4) is 0 Å². The molecule has 2 aliphatic rings. The number of aliphatic hydroxyl groups is 2. The Bertz CT molecular complexity index is 668. The number of benzene rings is 1. The third-order valence-corrected chi connectivity index (χ3v) is 5.80. The second-order valence-electron chi connectivity index (χ2n) is 8.17. The van der Waals surface area contributed by atoms with Crippen LogP contribution in [0.2, 0.25) is 0 Å². The number of rotatable bonds is 7. The molecule has 168 valence electrons. The maximum absolute atomic E-state index is 9.77. The fraction of sp³-hybridized carbons (Fsp3) is 0.636. The summed E-state index contributed by atoms with van der Waals surface area (Å²) in [6.45, 7) is 5.72. The number of aliphatic carboxylic acids is 2. The molecule has 0 amide bonds. The average Bonchev–Trinajstić information content (AvgIpc) is 3.26. The lowest BCUT2D eigenvalue weighted by molar-refractivity contribution is -0.165. The molecule has 2 fully saturated rings. The van der Waals surface area contributed by atoms with Crippen molar-refractivity contribution < 1.29 is 30.0 Å². The molecule has 1 aromatic rings. The third kappa shape index (κ3) is 7.36. The van der Waals surface area contributed by atoms with Crippen LogP contribution in [0.15, 0.2) is 24.3 Å². The first-order chi connectivity index (χ1) is 14.3. The van der Waals surface area contributed by atoms with Gasteiger partial charge < -0.3 is 25.7 Å². The van der Waals surface area contributed by atoms with Crippen LogP contribution < -0.4 is 5.32 Å². The van der Waals surface area contributed by atoms with Gasteiger partial charge in [-0.1, -0.05) is 49.1 Å². The highest BCUT2D eigenvalue weighted by Crippen LogP contribution is 2.27. The van der Waals surface area contributed by atoms with Crippen LogP contribution in [0.5, 0.6) is 0 Å². The van der Waals surface area contributed by atoms with Gasteiger partial charge in [-0.25, -0.2) is 9.59 Å². The molecule has 3 atom stereocenters. The zero-order valence-electron chi connectivity index (χ0n) is 17.5. The van der Waals surface area contributed by atoms with Gasteiger partial charge in [0.05, 0.1) is 0 Å². The van der Waals surface area contributed by atoms with Crippen LogP contribution >= 0.6 is 0 Å². The minimum atomic E-state index is -2.27. The van der Waals surface area contributed by atoms with Crippen LogP contribution in [0, 0.1) is 6.92 Å². The van der Waals surface area contributed by atoms with Crippen molar-refractivity contribution in [1.29, 1.82) is 0 Å². The summed E-state index contributed by atoms with van der Waals surface area (Å²) >= 11 is 0. The summed E-state index contributed by atoms with van der Waals surface area (Å²) in [6.07, 6.45) is 3.89. The largest absolute Gasteiger partial charge is 0.479 e. The Labute approximate surface area is 177 Å². The van der Waals surface area contributed by atoms with Gasteiger partial charge >= 0.3 is 11.9 Å². The van der Waals surface area contributed by atoms with Crippen molar-refractivity contribution in [2.75, 3.05) is 13.1 Å². The van der Waals surface area contributed by atoms with Gasteiger partial charge in [-0.15, -0.1) is 0 Å². The van der Waals surface area contributed by atoms with Crippen molar-refractivity contribution in [1.82, 2.24) is 10.2 Å². The van der Waals surface area contributed by atoms with E-state index in [-0.39, 0.29) is 0 Å². The van der Waals surface area contributed by atoms with E-state index in [1.165, 1.54) is 62.7 Å². The van der Waals surface area contributed by atoms with Crippen LogP contribution in [0.1, 0.15) is 49.7 Å². The molecule has 1 aromatic carbocycles. The molecule has 5 N–H and O–H groups in total. The lowest BCUT2D eigenvalue weighted by Crippen LogP contribution is -2.44. The van der Waals surface area contributed by atoms with Crippen LogP contribution in [0.4, 0.5) is 0 Å². The van der Waals surface area contributed by atoms with E-state index in [0.717, 1.165) is 18.6 Å². The van der Waals surface area contributed by atoms with Crippen molar-refractivity contribution in [3.05, 3.63) is 35.4 Å². The van der Waals surface area contributed by atoms with E-state index >= 15 is 0 Å². The molecule has 1 aliphatic carbocycles. The standard InChI is InChI=1S/C18H28N2.C4H6O6/c1-15-6-5-7-16(12-15)14-20(18-10-11-19-13-18)17-8-3-2-4-9-17;5-1(3(7)8)2(6)4(9)10/h5-7,12,17-19H,2-4,8-11,13-14H2,1H3;1-2,5-6H,(H,7,8)(H,9,10)/t18-;/m0./s1. The molecule has 0 radical (unpaired) electrons. The summed E-state index contributed by atoms with van der Waals surface area (Å²) in [6, 6.07) is 10.6. The Balaban J connectivity index is 0.000000274. The maximum Gasteiger partial charge on any atom is 0.335 e. The monoisotopic (exact) mass is 422 g/mol. The number of aryl methyl sites for hydroxylation is 1. The summed E-state index contributed by atoms with van der Waals surface area (Å²) in [5.41, 5.74) is 2.87. The fourth-order valence-electron chi connectivity index (χ4n) is 4.18. The number of nitrogens with zero attached hydrogens (tertiary/aromatic N) is 1. The third-order valence-electron chi connectivity index (χ3n) is 5.80. The Morgan fingerprint density at radius 1 is 1.03 bits per heavy atom. The SMILES string of the molecule is Cc1cccc(CN(C2CCCCC2)[C@H]2CCNC2)c1.O=C(O)C(O)C(O)C(=O)O. The summed E-state index contributed by atoms with van der Waals surface area (Å²) in [5, 5.41) is 36.1. The summed E-state index contributed by atoms with van der Waals surface area (Å²) in [4.78, 5) is 22.4. The van der Waals surface area contributed by atoms with E-state index in [1.807, 2.05) is 0 Å². The normalized spacial score (nSPS) is 21.5. The second kappa shape index (κ2) is 12.0. The predicted molar refractivity (Wildman–Crippen MR) is 112 cm³/mol. The minimum absolute atomic E-state index is 0.749. The van der Waals surface area contributed by atoms with E-state index in [4.69, 9.17) is 20.4 Å². The molecule has 3 rings (SSSR count).